The number of carbonyl (C=O) groups excluding carboxylic acids is 1. The second-order valence-electron chi connectivity index (χ2n) is 6.64. The van der Waals surface area contributed by atoms with Gasteiger partial charge < -0.3 is 5.32 Å². The number of hydrogen-bond donors (Lipinski definition) is 1. The van der Waals surface area contributed by atoms with Crippen molar-refractivity contribution >= 4 is 17.3 Å². The van der Waals surface area contributed by atoms with E-state index in [-0.39, 0.29) is 11.6 Å². The van der Waals surface area contributed by atoms with Gasteiger partial charge in [-0.25, -0.2) is 0 Å². The first-order valence-corrected chi connectivity index (χ1v) is 9.67. The molecule has 0 radical (unpaired) electrons. The normalized spacial score (nSPS) is 10.6. The molecule has 1 amide bonds. The number of nitrogens with one attached hydrogen (secondary N) is 1. The minimum absolute atomic E-state index is 0.00695. The molecule has 1 aromatic rings. The maximum atomic E-state index is 11.9. The van der Waals surface area contributed by atoms with Crippen molar-refractivity contribution in [2.24, 2.45) is 0 Å². The smallest absolute Gasteiger partial charge is 0.271 e. The van der Waals surface area contributed by atoms with Crippen molar-refractivity contribution in [3.8, 4) is 0 Å². The predicted octanol–water partition coefficient (Wildman–Crippen LogP) is 6.23. The topological polar surface area (TPSA) is 72.2 Å². The molecule has 0 spiro atoms. The molecule has 5 heteroatoms. The lowest BCUT2D eigenvalue weighted by molar-refractivity contribution is -0.384. The van der Waals surface area contributed by atoms with Crippen LogP contribution < -0.4 is 5.32 Å². The molecule has 0 heterocycles. The maximum absolute atomic E-state index is 11.9. The van der Waals surface area contributed by atoms with Crippen LogP contribution >= 0.6 is 0 Å². The highest BCUT2D eigenvalue weighted by molar-refractivity contribution is 5.90. The lowest BCUT2D eigenvalue weighted by atomic mass is 10.1. The van der Waals surface area contributed by atoms with Crippen LogP contribution in [0, 0.1) is 10.1 Å². The van der Waals surface area contributed by atoms with E-state index in [1.165, 1.54) is 69.9 Å². The highest BCUT2D eigenvalue weighted by Crippen LogP contribution is 2.17. The summed E-state index contributed by atoms with van der Waals surface area (Å²) in [5.74, 6) is -0.0728. The summed E-state index contributed by atoms with van der Waals surface area (Å²) in [6.07, 6.45) is 14.2. The van der Waals surface area contributed by atoms with Gasteiger partial charge in [0.1, 0.15) is 0 Å². The van der Waals surface area contributed by atoms with Gasteiger partial charge in [0.15, 0.2) is 0 Å². The van der Waals surface area contributed by atoms with Gasteiger partial charge in [-0.1, -0.05) is 77.2 Å². The van der Waals surface area contributed by atoms with Gasteiger partial charge in [0.25, 0.3) is 5.69 Å². The number of nitro benzene ring substituents is 1. The molecule has 0 aliphatic carbocycles. The van der Waals surface area contributed by atoms with Crippen molar-refractivity contribution in [1.82, 2.24) is 0 Å². The highest BCUT2D eigenvalue weighted by Gasteiger charge is 2.07. The SMILES string of the molecule is CCCCCCCCCCCCCC(=O)Nc1cccc([N+](=O)[O-])c1. The molecule has 0 fully saturated rings. The lowest BCUT2D eigenvalue weighted by Crippen LogP contribution is -2.11. The summed E-state index contributed by atoms with van der Waals surface area (Å²) in [4.78, 5) is 22.1. The number of nitrogens with zero attached hydrogens (tertiary/aromatic N) is 1. The fraction of sp³-hybridized carbons (Fsp3) is 0.650. The fourth-order valence-electron chi connectivity index (χ4n) is 2.87. The zero-order valence-electron chi connectivity index (χ0n) is 15.5. The molecule has 0 unspecified atom stereocenters. The summed E-state index contributed by atoms with van der Waals surface area (Å²) in [5, 5.41) is 13.4. The Morgan fingerprint density at radius 1 is 0.960 bits per heavy atom. The third-order valence-corrected chi connectivity index (χ3v) is 4.35. The van der Waals surface area contributed by atoms with E-state index in [1.807, 2.05) is 0 Å². The van der Waals surface area contributed by atoms with Gasteiger partial charge >= 0.3 is 0 Å². The van der Waals surface area contributed by atoms with Gasteiger partial charge in [0.2, 0.25) is 5.91 Å². The minimum atomic E-state index is -0.459. The summed E-state index contributed by atoms with van der Waals surface area (Å²) >= 11 is 0. The zero-order chi connectivity index (χ0) is 18.3. The van der Waals surface area contributed by atoms with Crippen LogP contribution in [0.4, 0.5) is 11.4 Å². The third kappa shape index (κ3) is 10.5. The van der Waals surface area contributed by atoms with Crippen LogP contribution in [-0.2, 0) is 4.79 Å². The lowest BCUT2D eigenvalue weighted by Gasteiger charge is -2.05. The third-order valence-electron chi connectivity index (χ3n) is 4.35. The molecule has 1 aromatic carbocycles. The van der Waals surface area contributed by atoms with Gasteiger partial charge in [-0.05, 0) is 12.5 Å². The van der Waals surface area contributed by atoms with Crippen LogP contribution in [0.25, 0.3) is 0 Å². The van der Waals surface area contributed by atoms with Crippen molar-refractivity contribution in [2.75, 3.05) is 5.32 Å². The Morgan fingerprint density at radius 2 is 1.52 bits per heavy atom. The van der Waals surface area contributed by atoms with Crippen LogP contribution in [-0.4, -0.2) is 10.8 Å². The number of rotatable bonds is 14. The molecule has 0 aromatic heterocycles. The Morgan fingerprint density at radius 3 is 2.08 bits per heavy atom. The number of hydrogen-bond acceptors (Lipinski definition) is 3. The summed E-state index contributed by atoms with van der Waals surface area (Å²) < 4.78 is 0. The molecule has 0 saturated carbocycles. The van der Waals surface area contributed by atoms with Crippen molar-refractivity contribution < 1.29 is 9.72 Å². The Hall–Kier alpha value is -1.91. The first-order chi connectivity index (χ1) is 12.1. The van der Waals surface area contributed by atoms with E-state index < -0.39 is 4.92 Å². The van der Waals surface area contributed by atoms with Gasteiger partial charge in [-0.3, -0.25) is 14.9 Å². The molecular formula is C20H32N2O3. The second-order valence-corrected chi connectivity index (χ2v) is 6.64. The van der Waals surface area contributed by atoms with Gasteiger partial charge in [-0.2, -0.15) is 0 Å². The average molecular weight is 348 g/mol. The van der Waals surface area contributed by atoms with Gasteiger partial charge in [0.05, 0.1) is 4.92 Å². The predicted molar refractivity (Wildman–Crippen MR) is 103 cm³/mol. The summed E-state index contributed by atoms with van der Waals surface area (Å²) in [7, 11) is 0. The molecular weight excluding hydrogens is 316 g/mol. The van der Waals surface area contributed by atoms with E-state index in [0.29, 0.717) is 12.1 Å². The Balaban J connectivity index is 2.02. The average Bonchev–Trinajstić information content (AvgIpc) is 2.60. The van der Waals surface area contributed by atoms with E-state index in [1.54, 1.807) is 12.1 Å². The molecule has 1 N–H and O–H groups in total. The monoisotopic (exact) mass is 348 g/mol. The largest absolute Gasteiger partial charge is 0.326 e. The van der Waals surface area contributed by atoms with E-state index in [9.17, 15) is 14.9 Å². The number of carbonyl (C=O) groups is 1. The number of non-ortho nitro benzene ring substituents is 1. The first-order valence-electron chi connectivity index (χ1n) is 9.67. The molecule has 0 atom stereocenters. The zero-order valence-corrected chi connectivity index (χ0v) is 15.5. The quantitative estimate of drug-likeness (QED) is 0.246. The number of unbranched alkanes of at least 4 members (excludes halogenated alkanes) is 10. The maximum Gasteiger partial charge on any atom is 0.271 e. The fourth-order valence-corrected chi connectivity index (χ4v) is 2.87. The summed E-state index contributed by atoms with van der Waals surface area (Å²) in [6.45, 7) is 2.24. The Bertz CT molecular complexity index is 517. The van der Waals surface area contributed by atoms with E-state index >= 15 is 0 Å². The van der Waals surface area contributed by atoms with Crippen LogP contribution in [0.5, 0.6) is 0 Å². The second kappa shape index (κ2) is 13.4. The minimum Gasteiger partial charge on any atom is -0.326 e. The van der Waals surface area contributed by atoms with Crippen molar-refractivity contribution in [1.29, 1.82) is 0 Å². The number of benzene rings is 1. The van der Waals surface area contributed by atoms with Crippen LogP contribution in [0.3, 0.4) is 0 Å². The van der Waals surface area contributed by atoms with Crippen LogP contribution in [0.15, 0.2) is 24.3 Å². The molecule has 0 aliphatic rings. The molecule has 0 aliphatic heterocycles. The van der Waals surface area contributed by atoms with Gasteiger partial charge in [0, 0.05) is 24.2 Å². The Labute approximate surface area is 151 Å². The summed E-state index contributed by atoms with van der Waals surface area (Å²) in [5.41, 5.74) is 0.481. The molecule has 25 heavy (non-hydrogen) atoms. The molecule has 140 valence electrons. The van der Waals surface area contributed by atoms with E-state index in [4.69, 9.17) is 0 Å². The molecule has 5 nitrogen and oxygen atoms in total. The summed E-state index contributed by atoms with van der Waals surface area (Å²) in [6, 6.07) is 6.05. The molecule has 1 rings (SSSR count). The van der Waals surface area contributed by atoms with Crippen molar-refractivity contribution in [3.05, 3.63) is 34.4 Å². The molecule has 0 bridgehead atoms. The van der Waals surface area contributed by atoms with Crippen molar-refractivity contribution in [2.45, 2.75) is 84.0 Å². The highest BCUT2D eigenvalue weighted by atomic mass is 16.6. The van der Waals surface area contributed by atoms with Gasteiger partial charge in [-0.15, -0.1) is 0 Å². The molecule has 0 saturated heterocycles. The van der Waals surface area contributed by atoms with Crippen molar-refractivity contribution in [3.63, 3.8) is 0 Å². The van der Waals surface area contributed by atoms with E-state index in [0.717, 1.165) is 12.8 Å². The van der Waals surface area contributed by atoms with Crippen LogP contribution in [0.1, 0.15) is 84.0 Å². The first kappa shape index (κ1) is 21.1. The van der Waals surface area contributed by atoms with E-state index in [2.05, 4.69) is 12.2 Å². The van der Waals surface area contributed by atoms with Crippen LogP contribution in [0.2, 0.25) is 0 Å². The Kier molecular flexibility index (Phi) is 11.3. The number of nitro groups is 1. The number of anilines is 1. The number of amides is 1. The standard InChI is InChI=1S/C20H32N2O3/c1-2-3-4-5-6-7-8-9-10-11-12-16-20(23)21-18-14-13-15-19(17-18)22(24)25/h13-15,17H,2-12,16H2,1H3,(H,21,23).